The molecule has 0 bridgehead atoms. The number of anilines is 3. The number of ether oxygens (including phenoxy) is 1. The number of nitrogens with two attached hydrogens (primary N) is 1. The molecule has 1 aromatic carbocycles. The lowest BCUT2D eigenvalue weighted by Gasteiger charge is -2.32. The zero-order valence-electron chi connectivity index (χ0n) is 18.2. The molecule has 8 nitrogen and oxygen atoms in total. The Morgan fingerprint density at radius 2 is 2.00 bits per heavy atom. The summed E-state index contributed by atoms with van der Waals surface area (Å²) in [6, 6.07) is 5.86. The Bertz CT molecular complexity index is 1010. The van der Waals surface area contributed by atoms with E-state index >= 15 is 0 Å². The van der Waals surface area contributed by atoms with Gasteiger partial charge in [0, 0.05) is 67.4 Å². The molecule has 170 valence electrons. The van der Waals surface area contributed by atoms with Crippen LogP contribution < -0.4 is 16.4 Å². The number of carbonyl (C=O) groups excluding carboxylic acids is 1. The molecule has 32 heavy (non-hydrogen) atoms. The van der Waals surface area contributed by atoms with Crippen LogP contribution in [0.25, 0.3) is 5.70 Å². The molecular formula is C23H29BrN6O2. The van der Waals surface area contributed by atoms with Crippen molar-refractivity contribution < 1.29 is 9.53 Å². The summed E-state index contributed by atoms with van der Waals surface area (Å²) in [5.41, 5.74) is 11.2. The molecule has 2 saturated heterocycles. The Balaban J connectivity index is 1.49. The lowest BCUT2D eigenvalue weighted by molar-refractivity contribution is 0.0641. The van der Waals surface area contributed by atoms with E-state index in [1.807, 2.05) is 30.1 Å². The van der Waals surface area contributed by atoms with Crippen molar-refractivity contribution in [1.29, 1.82) is 0 Å². The van der Waals surface area contributed by atoms with Gasteiger partial charge in [-0.05, 0) is 24.6 Å². The van der Waals surface area contributed by atoms with Crippen LogP contribution in [0.4, 0.5) is 17.1 Å². The Labute approximate surface area is 196 Å². The van der Waals surface area contributed by atoms with E-state index in [9.17, 15) is 4.79 Å². The molecule has 1 unspecified atom stereocenters. The van der Waals surface area contributed by atoms with E-state index in [2.05, 4.69) is 43.0 Å². The number of nitrogens with one attached hydrogen (secondary N) is 2. The van der Waals surface area contributed by atoms with Gasteiger partial charge in [-0.2, -0.15) is 0 Å². The number of pyridine rings is 1. The lowest BCUT2D eigenvalue weighted by atomic mass is 10.1. The zero-order chi connectivity index (χ0) is 22.7. The Hall–Kier alpha value is -2.78. The highest BCUT2D eigenvalue weighted by molar-refractivity contribution is 9.10. The SMILES string of the molecule is C=C(c1cc(Br)cc(N)c1NC1CCN(C(=O)c2cncc(NC)c2)C1)N1CCOCC1. The number of nitrogens with zero attached hydrogens (tertiary/aromatic N) is 3. The number of hydrogen-bond donors (Lipinski definition) is 3. The minimum atomic E-state index is -0.0133. The van der Waals surface area contributed by atoms with Crippen molar-refractivity contribution in [2.45, 2.75) is 12.5 Å². The minimum absolute atomic E-state index is 0.0133. The number of carbonyl (C=O) groups is 1. The quantitative estimate of drug-likeness (QED) is 0.524. The molecule has 2 aromatic rings. The standard InChI is InChI=1S/C23H29BrN6O2/c1-15(29-5-7-32-8-6-29)20-10-17(24)11-21(25)22(20)28-18-3-4-30(14-18)23(31)16-9-19(26-2)13-27-12-16/h9-13,18,26,28H,1,3-8,14,25H2,2H3. The van der Waals surface area contributed by atoms with Crippen LogP contribution in [-0.2, 0) is 4.74 Å². The van der Waals surface area contributed by atoms with Gasteiger partial charge in [-0.25, -0.2) is 0 Å². The third kappa shape index (κ3) is 4.83. The summed E-state index contributed by atoms with van der Waals surface area (Å²) in [5.74, 6) is -0.0133. The van der Waals surface area contributed by atoms with Crippen molar-refractivity contribution in [3.63, 3.8) is 0 Å². The smallest absolute Gasteiger partial charge is 0.255 e. The van der Waals surface area contributed by atoms with Gasteiger partial charge in [0.25, 0.3) is 5.91 Å². The van der Waals surface area contributed by atoms with Crippen molar-refractivity contribution >= 4 is 44.6 Å². The van der Waals surface area contributed by atoms with Gasteiger partial charge >= 0.3 is 0 Å². The first-order valence-electron chi connectivity index (χ1n) is 10.8. The Kier molecular flexibility index (Phi) is 6.86. The monoisotopic (exact) mass is 500 g/mol. The number of aromatic nitrogens is 1. The minimum Gasteiger partial charge on any atom is -0.397 e. The molecule has 2 aliphatic heterocycles. The second kappa shape index (κ2) is 9.79. The number of likely N-dealkylation sites (tertiary alicyclic amines) is 1. The van der Waals surface area contributed by atoms with E-state index in [-0.39, 0.29) is 11.9 Å². The average Bonchev–Trinajstić information content (AvgIpc) is 3.29. The predicted molar refractivity (Wildman–Crippen MR) is 132 cm³/mol. The molecule has 1 atom stereocenters. The second-order valence-electron chi connectivity index (χ2n) is 8.06. The van der Waals surface area contributed by atoms with Crippen LogP contribution in [0.5, 0.6) is 0 Å². The van der Waals surface area contributed by atoms with Gasteiger partial charge in [-0.1, -0.05) is 22.5 Å². The van der Waals surface area contributed by atoms with Crippen LogP contribution >= 0.6 is 15.9 Å². The van der Waals surface area contributed by atoms with Crippen molar-refractivity contribution in [2.24, 2.45) is 0 Å². The average molecular weight is 501 g/mol. The number of benzene rings is 1. The van der Waals surface area contributed by atoms with Crippen molar-refractivity contribution in [1.82, 2.24) is 14.8 Å². The highest BCUT2D eigenvalue weighted by Crippen LogP contribution is 2.35. The maximum Gasteiger partial charge on any atom is 0.255 e. The largest absolute Gasteiger partial charge is 0.397 e. The van der Waals surface area contributed by atoms with E-state index in [0.717, 1.165) is 46.6 Å². The summed E-state index contributed by atoms with van der Waals surface area (Å²) in [5, 5.41) is 6.62. The molecule has 0 spiro atoms. The number of amides is 1. The fourth-order valence-electron chi connectivity index (χ4n) is 4.16. The van der Waals surface area contributed by atoms with Crippen molar-refractivity contribution in [3.8, 4) is 0 Å². The molecule has 2 aliphatic rings. The Morgan fingerprint density at radius 1 is 1.22 bits per heavy atom. The molecule has 4 rings (SSSR count). The van der Waals surface area contributed by atoms with Gasteiger partial charge in [0.05, 0.1) is 35.8 Å². The van der Waals surface area contributed by atoms with Crippen LogP contribution in [0, 0.1) is 0 Å². The number of nitrogen functional groups attached to an aromatic ring is 1. The molecule has 1 aromatic heterocycles. The summed E-state index contributed by atoms with van der Waals surface area (Å²) in [6.07, 6.45) is 4.15. The molecule has 2 fully saturated rings. The molecule has 3 heterocycles. The third-order valence-electron chi connectivity index (χ3n) is 5.94. The lowest BCUT2D eigenvalue weighted by Crippen LogP contribution is -2.35. The molecule has 0 aliphatic carbocycles. The van der Waals surface area contributed by atoms with E-state index in [4.69, 9.17) is 10.5 Å². The first kappa shape index (κ1) is 22.4. The summed E-state index contributed by atoms with van der Waals surface area (Å²) in [7, 11) is 1.81. The second-order valence-corrected chi connectivity index (χ2v) is 8.97. The number of rotatable bonds is 6. The Morgan fingerprint density at radius 3 is 2.75 bits per heavy atom. The fraction of sp³-hybridized carbons (Fsp3) is 0.391. The number of hydrogen-bond acceptors (Lipinski definition) is 7. The highest BCUT2D eigenvalue weighted by Gasteiger charge is 2.29. The zero-order valence-corrected chi connectivity index (χ0v) is 19.8. The van der Waals surface area contributed by atoms with Gasteiger partial charge in [0.15, 0.2) is 0 Å². The summed E-state index contributed by atoms with van der Waals surface area (Å²) in [4.78, 5) is 21.2. The van der Waals surface area contributed by atoms with Crippen LogP contribution in [0.1, 0.15) is 22.3 Å². The van der Waals surface area contributed by atoms with Gasteiger partial charge in [-0.3, -0.25) is 9.78 Å². The van der Waals surface area contributed by atoms with E-state index in [0.29, 0.717) is 37.6 Å². The summed E-state index contributed by atoms with van der Waals surface area (Å²) in [6.45, 7) is 8.60. The molecule has 9 heteroatoms. The summed E-state index contributed by atoms with van der Waals surface area (Å²) >= 11 is 3.56. The first-order chi connectivity index (χ1) is 15.5. The van der Waals surface area contributed by atoms with Gasteiger partial charge in [-0.15, -0.1) is 0 Å². The van der Waals surface area contributed by atoms with E-state index in [1.165, 1.54) is 0 Å². The maximum atomic E-state index is 13.0. The normalized spacial score (nSPS) is 18.5. The summed E-state index contributed by atoms with van der Waals surface area (Å²) < 4.78 is 6.39. The van der Waals surface area contributed by atoms with Gasteiger partial charge < -0.3 is 30.9 Å². The first-order valence-corrected chi connectivity index (χ1v) is 11.5. The van der Waals surface area contributed by atoms with Crippen LogP contribution in [0.2, 0.25) is 0 Å². The predicted octanol–water partition coefficient (Wildman–Crippen LogP) is 3.10. The third-order valence-corrected chi connectivity index (χ3v) is 6.39. The molecule has 0 radical (unpaired) electrons. The van der Waals surface area contributed by atoms with E-state index < -0.39 is 0 Å². The van der Waals surface area contributed by atoms with Crippen LogP contribution in [0.15, 0.2) is 41.6 Å². The maximum absolute atomic E-state index is 13.0. The highest BCUT2D eigenvalue weighted by atomic mass is 79.9. The topological polar surface area (TPSA) is 95.8 Å². The molecule has 4 N–H and O–H groups in total. The van der Waals surface area contributed by atoms with Crippen LogP contribution in [0.3, 0.4) is 0 Å². The molecule has 0 saturated carbocycles. The van der Waals surface area contributed by atoms with Gasteiger partial charge in [0.1, 0.15) is 0 Å². The number of halogens is 1. The van der Waals surface area contributed by atoms with Crippen molar-refractivity contribution in [2.75, 3.05) is 62.8 Å². The molecule has 1 amide bonds. The van der Waals surface area contributed by atoms with Crippen molar-refractivity contribution in [3.05, 3.63) is 52.8 Å². The number of morpholine rings is 1. The fourth-order valence-corrected chi connectivity index (χ4v) is 4.64. The van der Waals surface area contributed by atoms with Gasteiger partial charge in [0.2, 0.25) is 0 Å². The van der Waals surface area contributed by atoms with E-state index in [1.54, 1.807) is 12.4 Å². The molecular weight excluding hydrogens is 472 g/mol. The van der Waals surface area contributed by atoms with Crippen LogP contribution in [-0.4, -0.2) is 73.2 Å².